The zero-order chi connectivity index (χ0) is 18.3. The maximum Gasteiger partial charge on any atom is 0.335 e. The van der Waals surface area contributed by atoms with Gasteiger partial charge in [-0.15, -0.1) is 0 Å². The van der Waals surface area contributed by atoms with Crippen LogP contribution in [-0.2, 0) is 14.8 Å². The van der Waals surface area contributed by atoms with Crippen molar-refractivity contribution in [2.45, 2.75) is 38.1 Å². The fourth-order valence-corrected chi connectivity index (χ4v) is 3.35. The third kappa shape index (κ3) is 6.10. The van der Waals surface area contributed by atoms with Gasteiger partial charge >= 0.3 is 5.97 Å². The van der Waals surface area contributed by atoms with Crippen LogP contribution in [0.25, 0.3) is 0 Å². The average Bonchev–Trinajstić information content (AvgIpc) is 2.46. The molecule has 1 atom stereocenters. The Bertz CT molecular complexity index is 658. The van der Waals surface area contributed by atoms with E-state index in [1.54, 1.807) is 7.11 Å². The highest BCUT2D eigenvalue weighted by Crippen LogP contribution is 2.24. The lowest BCUT2D eigenvalue weighted by Crippen LogP contribution is -2.28. The third-order valence-electron chi connectivity index (χ3n) is 3.35. The van der Waals surface area contributed by atoms with Crippen LogP contribution in [0.4, 0.5) is 5.69 Å². The second kappa shape index (κ2) is 9.00. The summed E-state index contributed by atoms with van der Waals surface area (Å²) in [5.41, 5.74) is 0.269. The molecule has 1 rings (SSSR count). The molecule has 1 aromatic carbocycles. The van der Waals surface area contributed by atoms with Crippen LogP contribution in [0.15, 0.2) is 23.1 Å². The van der Waals surface area contributed by atoms with E-state index in [0.29, 0.717) is 31.2 Å². The minimum atomic E-state index is -3.82. The number of nitrogens with one attached hydrogen (secondary N) is 2. The Morgan fingerprint density at radius 3 is 2.50 bits per heavy atom. The Morgan fingerprint density at radius 1 is 1.29 bits per heavy atom. The van der Waals surface area contributed by atoms with E-state index < -0.39 is 16.0 Å². The summed E-state index contributed by atoms with van der Waals surface area (Å²) < 4.78 is 32.7. The first-order valence-electron chi connectivity index (χ1n) is 7.80. The molecule has 0 spiro atoms. The van der Waals surface area contributed by atoms with Crippen molar-refractivity contribution in [2.75, 3.05) is 25.6 Å². The molecular weight excluding hydrogens is 332 g/mol. The van der Waals surface area contributed by atoms with Gasteiger partial charge in [0.15, 0.2) is 0 Å². The number of ether oxygens (including phenoxy) is 1. The van der Waals surface area contributed by atoms with Crippen LogP contribution in [0, 0.1) is 5.92 Å². The largest absolute Gasteiger partial charge is 0.478 e. The first-order chi connectivity index (χ1) is 11.2. The second-order valence-corrected chi connectivity index (χ2v) is 7.83. The van der Waals surface area contributed by atoms with Crippen molar-refractivity contribution in [2.24, 2.45) is 5.92 Å². The van der Waals surface area contributed by atoms with Gasteiger partial charge in [-0.3, -0.25) is 0 Å². The van der Waals surface area contributed by atoms with Crippen molar-refractivity contribution in [3.8, 4) is 0 Å². The summed E-state index contributed by atoms with van der Waals surface area (Å²) in [5, 5.41) is 12.2. The first-order valence-corrected chi connectivity index (χ1v) is 9.28. The summed E-state index contributed by atoms with van der Waals surface area (Å²) in [7, 11) is -2.27. The first kappa shape index (κ1) is 20.4. The SMILES string of the molecule is COC[C@H](C)Nc1ccc(C(=O)O)cc1S(=O)(=O)NCCC(C)C. The van der Waals surface area contributed by atoms with Gasteiger partial charge in [0.2, 0.25) is 10.0 Å². The maximum atomic E-state index is 12.6. The van der Waals surface area contributed by atoms with Crippen molar-refractivity contribution in [1.29, 1.82) is 0 Å². The molecule has 24 heavy (non-hydrogen) atoms. The summed E-state index contributed by atoms with van der Waals surface area (Å²) in [6, 6.07) is 3.88. The summed E-state index contributed by atoms with van der Waals surface area (Å²) in [5.74, 6) is -0.817. The Hall–Kier alpha value is -1.64. The van der Waals surface area contributed by atoms with E-state index >= 15 is 0 Å². The summed E-state index contributed by atoms with van der Waals surface area (Å²) >= 11 is 0. The molecule has 0 aliphatic heterocycles. The van der Waals surface area contributed by atoms with Crippen LogP contribution in [0.2, 0.25) is 0 Å². The van der Waals surface area contributed by atoms with Crippen molar-refractivity contribution >= 4 is 21.7 Å². The fourth-order valence-electron chi connectivity index (χ4n) is 2.11. The monoisotopic (exact) mass is 358 g/mol. The van der Waals surface area contributed by atoms with Crippen LogP contribution >= 0.6 is 0 Å². The maximum absolute atomic E-state index is 12.6. The van der Waals surface area contributed by atoms with Crippen molar-refractivity contribution in [3.05, 3.63) is 23.8 Å². The highest BCUT2D eigenvalue weighted by Gasteiger charge is 2.21. The molecule has 0 saturated heterocycles. The van der Waals surface area contributed by atoms with Gasteiger partial charge in [0.1, 0.15) is 4.90 Å². The Kier molecular flexibility index (Phi) is 7.65. The minimum Gasteiger partial charge on any atom is -0.478 e. The molecule has 0 aliphatic rings. The van der Waals surface area contributed by atoms with E-state index in [-0.39, 0.29) is 16.5 Å². The van der Waals surface area contributed by atoms with Crippen LogP contribution in [-0.4, -0.2) is 45.8 Å². The molecule has 0 amide bonds. The van der Waals surface area contributed by atoms with Crippen LogP contribution in [0.3, 0.4) is 0 Å². The summed E-state index contributed by atoms with van der Waals surface area (Å²) in [6.07, 6.45) is 0.695. The number of anilines is 1. The Morgan fingerprint density at radius 2 is 1.96 bits per heavy atom. The number of sulfonamides is 1. The molecule has 0 saturated carbocycles. The molecule has 3 N–H and O–H groups in total. The molecule has 0 fully saturated rings. The lowest BCUT2D eigenvalue weighted by Gasteiger charge is -2.18. The number of aromatic carboxylic acids is 1. The Labute approximate surface area is 143 Å². The highest BCUT2D eigenvalue weighted by molar-refractivity contribution is 7.89. The van der Waals surface area contributed by atoms with Crippen molar-refractivity contribution < 1.29 is 23.1 Å². The van der Waals surface area contributed by atoms with E-state index in [1.165, 1.54) is 18.2 Å². The number of carboxylic acids is 1. The normalized spacial score (nSPS) is 13.0. The van der Waals surface area contributed by atoms with Gasteiger partial charge in [0, 0.05) is 19.7 Å². The summed E-state index contributed by atoms with van der Waals surface area (Å²) in [6.45, 7) is 6.53. The molecule has 0 bridgehead atoms. The highest BCUT2D eigenvalue weighted by atomic mass is 32.2. The molecule has 0 radical (unpaired) electrons. The van der Waals surface area contributed by atoms with Crippen LogP contribution in [0.5, 0.6) is 0 Å². The molecule has 0 unspecified atom stereocenters. The van der Waals surface area contributed by atoms with Crippen LogP contribution in [0.1, 0.15) is 37.6 Å². The number of methoxy groups -OCH3 is 1. The number of carbonyl (C=O) groups is 1. The fraction of sp³-hybridized carbons (Fsp3) is 0.562. The molecule has 0 aliphatic carbocycles. The van der Waals surface area contributed by atoms with Gasteiger partial charge < -0.3 is 15.2 Å². The number of benzene rings is 1. The molecular formula is C16H26N2O5S. The predicted octanol–water partition coefficient (Wildman–Crippen LogP) is 2.16. The number of carboxylic acid groups (broad SMARTS) is 1. The van der Waals surface area contributed by atoms with Gasteiger partial charge in [-0.05, 0) is 37.5 Å². The topological polar surface area (TPSA) is 105 Å². The second-order valence-electron chi connectivity index (χ2n) is 6.10. The van der Waals surface area contributed by atoms with E-state index in [0.717, 1.165) is 0 Å². The smallest absolute Gasteiger partial charge is 0.335 e. The average molecular weight is 358 g/mol. The molecule has 7 nitrogen and oxygen atoms in total. The lowest BCUT2D eigenvalue weighted by atomic mass is 10.1. The zero-order valence-corrected chi connectivity index (χ0v) is 15.3. The standard InChI is InChI=1S/C16H26N2O5S/c1-11(2)7-8-17-24(21,22)15-9-13(16(19)20)5-6-14(15)18-12(3)10-23-4/h5-6,9,11-12,17-18H,7-8,10H2,1-4H3,(H,19,20)/t12-/m0/s1. The summed E-state index contributed by atoms with van der Waals surface area (Å²) in [4.78, 5) is 11.1. The van der Waals surface area contributed by atoms with Gasteiger partial charge in [0.05, 0.1) is 17.9 Å². The van der Waals surface area contributed by atoms with Crippen molar-refractivity contribution in [3.63, 3.8) is 0 Å². The molecule has 0 aromatic heterocycles. The lowest BCUT2D eigenvalue weighted by molar-refractivity contribution is 0.0696. The van der Waals surface area contributed by atoms with E-state index in [1.807, 2.05) is 20.8 Å². The van der Waals surface area contributed by atoms with Gasteiger partial charge in [-0.25, -0.2) is 17.9 Å². The zero-order valence-electron chi connectivity index (χ0n) is 14.5. The molecule has 8 heteroatoms. The number of hydrogen-bond donors (Lipinski definition) is 3. The Balaban J connectivity index is 3.14. The van der Waals surface area contributed by atoms with Crippen LogP contribution < -0.4 is 10.0 Å². The quantitative estimate of drug-likeness (QED) is 0.592. The van der Waals surface area contributed by atoms with Gasteiger partial charge in [-0.1, -0.05) is 13.8 Å². The minimum absolute atomic E-state index is 0.0749. The van der Waals surface area contributed by atoms with Gasteiger partial charge in [-0.2, -0.15) is 0 Å². The number of hydrogen-bond acceptors (Lipinski definition) is 5. The van der Waals surface area contributed by atoms with Gasteiger partial charge in [0.25, 0.3) is 0 Å². The molecule has 0 heterocycles. The molecule has 1 aromatic rings. The third-order valence-corrected chi connectivity index (χ3v) is 4.85. The molecule has 136 valence electrons. The van der Waals surface area contributed by atoms with E-state index in [2.05, 4.69) is 10.0 Å². The predicted molar refractivity (Wildman–Crippen MR) is 93.0 cm³/mol. The van der Waals surface area contributed by atoms with Crippen molar-refractivity contribution in [1.82, 2.24) is 4.72 Å². The number of rotatable bonds is 10. The van der Waals surface area contributed by atoms with E-state index in [4.69, 9.17) is 9.84 Å². The van der Waals surface area contributed by atoms with E-state index in [9.17, 15) is 13.2 Å².